The lowest BCUT2D eigenvalue weighted by molar-refractivity contribution is -0.141. The Morgan fingerprint density at radius 2 is 2.45 bits per heavy atom. The summed E-state index contributed by atoms with van der Waals surface area (Å²) in [5.41, 5.74) is 0.0957. The van der Waals surface area contributed by atoms with Gasteiger partial charge in [-0.2, -0.15) is 0 Å². The van der Waals surface area contributed by atoms with Crippen LogP contribution < -0.4 is 0 Å². The van der Waals surface area contributed by atoms with Gasteiger partial charge in [0.1, 0.15) is 5.78 Å². The fraction of sp³-hybridized carbons (Fsp3) is 0.889. The largest absolute Gasteiger partial charge is 0.299 e. The zero-order valence-electron chi connectivity index (χ0n) is 6.77. The zero-order valence-corrected chi connectivity index (χ0v) is 8.36. The third-order valence-electron chi connectivity index (χ3n) is 3.52. The van der Waals surface area contributed by atoms with E-state index in [1.54, 1.807) is 0 Å². The Morgan fingerprint density at radius 3 is 2.91 bits per heavy atom. The van der Waals surface area contributed by atoms with Gasteiger partial charge in [-0.25, -0.2) is 0 Å². The summed E-state index contributed by atoms with van der Waals surface area (Å²) in [6.45, 7) is 2.14. The zero-order chi connectivity index (χ0) is 8.06. The van der Waals surface area contributed by atoms with Crippen molar-refractivity contribution in [1.82, 2.24) is 0 Å². The average molecular weight is 217 g/mol. The van der Waals surface area contributed by atoms with Crippen LogP contribution in [0.2, 0.25) is 0 Å². The number of ketones is 1. The van der Waals surface area contributed by atoms with Crippen molar-refractivity contribution in [3.05, 3.63) is 0 Å². The highest BCUT2D eigenvalue weighted by Crippen LogP contribution is 2.56. The van der Waals surface area contributed by atoms with Crippen molar-refractivity contribution in [2.75, 3.05) is 5.33 Å². The van der Waals surface area contributed by atoms with Crippen LogP contribution in [-0.2, 0) is 4.79 Å². The van der Waals surface area contributed by atoms with Gasteiger partial charge in [-0.3, -0.25) is 4.79 Å². The number of Topliss-reactive ketones (excluding diaryl/α,β-unsaturated/α-hetero) is 1. The van der Waals surface area contributed by atoms with E-state index in [0.29, 0.717) is 5.78 Å². The van der Waals surface area contributed by atoms with Gasteiger partial charge in [0.15, 0.2) is 0 Å². The van der Waals surface area contributed by atoms with Crippen molar-refractivity contribution < 1.29 is 4.79 Å². The second-order valence-electron chi connectivity index (χ2n) is 4.20. The molecule has 2 heteroatoms. The highest BCUT2D eigenvalue weighted by molar-refractivity contribution is 9.09. The summed E-state index contributed by atoms with van der Waals surface area (Å²) in [5.74, 6) is 1.99. The SMILES string of the molecule is C[C@@]12CC(CBr)C[C@@H]1CC2=O. The van der Waals surface area contributed by atoms with Gasteiger partial charge in [0, 0.05) is 17.2 Å². The summed E-state index contributed by atoms with van der Waals surface area (Å²) in [6.07, 6.45) is 3.26. The molecule has 0 heterocycles. The maximum atomic E-state index is 11.3. The maximum Gasteiger partial charge on any atom is 0.139 e. The number of alkyl halides is 1. The van der Waals surface area contributed by atoms with Crippen LogP contribution in [0.4, 0.5) is 0 Å². The third-order valence-corrected chi connectivity index (χ3v) is 4.43. The molecule has 3 atom stereocenters. The summed E-state index contributed by atoms with van der Waals surface area (Å²) in [5, 5.41) is 1.08. The van der Waals surface area contributed by atoms with Crippen molar-refractivity contribution in [2.45, 2.75) is 26.2 Å². The second-order valence-corrected chi connectivity index (χ2v) is 4.85. The fourth-order valence-electron chi connectivity index (χ4n) is 2.61. The Balaban J connectivity index is 2.12. The number of fused-ring (bicyclic) bond motifs is 1. The van der Waals surface area contributed by atoms with Crippen LogP contribution in [0.1, 0.15) is 26.2 Å². The Hall–Kier alpha value is 0.150. The fourth-order valence-corrected chi connectivity index (χ4v) is 3.10. The molecule has 11 heavy (non-hydrogen) atoms. The summed E-state index contributed by atoms with van der Waals surface area (Å²) < 4.78 is 0. The van der Waals surface area contributed by atoms with E-state index in [2.05, 4.69) is 22.9 Å². The first-order valence-corrected chi connectivity index (χ1v) is 5.38. The van der Waals surface area contributed by atoms with E-state index >= 15 is 0 Å². The topological polar surface area (TPSA) is 17.1 Å². The number of carbonyl (C=O) groups excluding carboxylic acids is 1. The summed E-state index contributed by atoms with van der Waals surface area (Å²) in [6, 6.07) is 0. The van der Waals surface area contributed by atoms with Crippen molar-refractivity contribution in [1.29, 1.82) is 0 Å². The predicted molar refractivity (Wildman–Crippen MR) is 47.7 cm³/mol. The predicted octanol–water partition coefficient (Wildman–Crippen LogP) is 2.39. The van der Waals surface area contributed by atoms with Crippen LogP contribution in [0.5, 0.6) is 0 Å². The van der Waals surface area contributed by atoms with Crippen LogP contribution in [0, 0.1) is 17.3 Å². The molecular weight excluding hydrogens is 204 g/mol. The van der Waals surface area contributed by atoms with Gasteiger partial charge in [0.05, 0.1) is 0 Å². The second kappa shape index (κ2) is 2.32. The average Bonchev–Trinajstić information content (AvgIpc) is 2.25. The summed E-state index contributed by atoms with van der Waals surface area (Å²) in [4.78, 5) is 11.3. The van der Waals surface area contributed by atoms with Gasteiger partial charge in [-0.15, -0.1) is 0 Å². The van der Waals surface area contributed by atoms with E-state index in [1.165, 1.54) is 6.42 Å². The van der Waals surface area contributed by atoms with Crippen LogP contribution in [0.3, 0.4) is 0 Å². The Morgan fingerprint density at radius 1 is 1.73 bits per heavy atom. The van der Waals surface area contributed by atoms with E-state index in [9.17, 15) is 4.79 Å². The van der Waals surface area contributed by atoms with Gasteiger partial charge in [0.2, 0.25) is 0 Å². The minimum absolute atomic E-state index is 0.0957. The molecule has 2 saturated carbocycles. The molecule has 62 valence electrons. The normalized spacial score (nSPS) is 48.7. The number of rotatable bonds is 1. The molecule has 0 spiro atoms. The standard InChI is InChI=1S/C9H13BrO/c1-9-4-6(5-10)2-7(9)3-8(9)11/h6-7H,2-5H2,1H3/t6?,7-,9-/m1/s1. The molecule has 2 rings (SSSR count). The molecule has 2 fully saturated rings. The molecule has 0 saturated heterocycles. The summed E-state index contributed by atoms with van der Waals surface area (Å²) >= 11 is 3.49. The molecule has 0 N–H and O–H groups in total. The van der Waals surface area contributed by atoms with Crippen LogP contribution in [0.25, 0.3) is 0 Å². The first kappa shape index (κ1) is 7.78. The lowest BCUT2D eigenvalue weighted by atomic mass is 9.62. The van der Waals surface area contributed by atoms with E-state index in [-0.39, 0.29) is 5.41 Å². The third kappa shape index (κ3) is 0.915. The van der Waals surface area contributed by atoms with Crippen LogP contribution in [-0.4, -0.2) is 11.1 Å². The van der Waals surface area contributed by atoms with Crippen LogP contribution in [0.15, 0.2) is 0 Å². The molecule has 1 nitrogen and oxygen atoms in total. The minimum Gasteiger partial charge on any atom is -0.299 e. The van der Waals surface area contributed by atoms with Gasteiger partial charge in [-0.05, 0) is 24.7 Å². The van der Waals surface area contributed by atoms with Crippen molar-refractivity contribution in [2.24, 2.45) is 17.3 Å². The smallest absolute Gasteiger partial charge is 0.139 e. The molecule has 0 radical (unpaired) electrons. The lowest BCUT2D eigenvalue weighted by Gasteiger charge is -2.39. The first-order valence-electron chi connectivity index (χ1n) is 4.26. The number of hydrogen-bond acceptors (Lipinski definition) is 1. The van der Waals surface area contributed by atoms with Gasteiger partial charge >= 0.3 is 0 Å². The minimum atomic E-state index is 0.0957. The quantitative estimate of drug-likeness (QED) is 0.616. The lowest BCUT2D eigenvalue weighted by Crippen LogP contribution is -2.43. The van der Waals surface area contributed by atoms with Gasteiger partial charge in [0.25, 0.3) is 0 Å². The van der Waals surface area contributed by atoms with Crippen molar-refractivity contribution in [3.8, 4) is 0 Å². The van der Waals surface area contributed by atoms with E-state index < -0.39 is 0 Å². The number of hydrogen-bond donors (Lipinski definition) is 0. The highest BCUT2D eigenvalue weighted by Gasteiger charge is 2.56. The Labute approximate surface area is 75.7 Å². The molecule has 1 unspecified atom stereocenters. The number of halogens is 1. The van der Waals surface area contributed by atoms with Gasteiger partial charge in [-0.1, -0.05) is 22.9 Å². The Kier molecular flexibility index (Phi) is 1.64. The molecule has 0 amide bonds. The van der Waals surface area contributed by atoms with Crippen molar-refractivity contribution >= 4 is 21.7 Å². The van der Waals surface area contributed by atoms with Crippen molar-refractivity contribution in [3.63, 3.8) is 0 Å². The molecule has 0 aromatic carbocycles. The first-order chi connectivity index (χ1) is 5.16. The van der Waals surface area contributed by atoms with E-state index in [0.717, 1.165) is 30.0 Å². The van der Waals surface area contributed by atoms with Gasteiger partial charge < -0.3 is 0 Å². The Bertz CT molecular complexity index is 202. The highest BCUT2D eigenvalue weighted by atomic mass is 79.9. The molecular formula is C9H13BrO. The molecule has 0 aromatic rings. The van der Waals surface area contributed by atoms with E-state index in [1.807, 2.05) is 0 Å². The maximum absolute atomic E-state index is 11.3. The van der Waals surface area contributed by atoms with Crippen LogP contribution >= 0.6 is 15.9 Å². The monoisotopic (exact) mass is 216 g/mol. The number of carbonyl (C=O) groups is 1. The summed E-state index contributed by atoms with van der Waals surface area (Å²) in [7, 11) is 0. The molecule has 0 aliphatic heterocycles. The molecule has 2 aliphatic rings. The van der Waals surface area contributed by atoms with E-state index in [4.69, 9.17) is 0 Å². The molecule has 2 aliphatic carbocycles. The molecule has 0 aromatic heterocycles. The molecule has 0 bridgehead atoms.